The molecule has 0 saturated heterocycles. The highest BCUT2D eigenvalue weighted by molar-refractivity contribution is 9.10. The summed E-state index contributed by atoms with van der Waals surface area (Å²) in [5.74, 6) is 0.230. The van der Waals surface area contributed by atoms with Gasteiger partial charge in [-0.1, -0.05) is 68.9 Å². The lowest BCUT2D eigenvalue weighted by Gasteiger charge is -2.08. The Morgan fingerprint density at radius 1 is 1.10 bits per heavy atom. The third-order valence-electron chi connectivity index (χ3n) is 4.23. The number of aromatic nitrogens is 1. The lowest BCUT2D eigenvalue weighted by molar-refractivity contribution is -0.380. The molecule has 4 rings (SSSR count). The van der Waals surface area contributed by atoms with E-state index in [1.54, 1.807) is 0 Å². The molecule has 2 aromatic carbocycles. The van der Waals surface area contributed by atoms with Gasteiger partial charge in [0, 0.05) is 16.1 Å². The van der Waals surface area contributed by atoms with Gasteiger partial charge in [0.1, 0.15) is 11.4 Å². The second-order valence-corrected chi connectivity index (χ2v) is 9.32. The summed E-state index contributed by atoms with van der Waals surface area (Å²) >= 11 is 5.43. The number of amides is 1. The number of carbonyl (C=O) groups excluding carboxylic acids is 1. The van der Waals surface area contributed by atoms with Crippen LogP contribution in [0.4, 0.5) is 10.1 Å². The van der Waals surface area contributed by atoms with Gasteiger partial charge in [0.25, 0.3) is 5.91 Å². The molecule has 0 radical (unpaired) electrons. The zero-order valence-corrected chi connectivity index (χ0v) is 19.2. The van der Waals surface area contributed by atoms with Crippen LogP contribution in [0.15, 0.2) is 65.1 Å². The predicted octanol–water partition coefficient (Wildman–Crippen LogP) is 6.90. The number of carbonyl (C=O) groups is 1. The first-order valence-corrected chi connectivity index (χ1v) is 11.4. The Morgan fingerprint density at radius 2 is 1.84 bits per heavy atom. The molecule has 0 atom stereocenters. The maximum atomic E-state index is 12.6. The van der Waals surface area contributed by atoms with Gasteiger partial charge in [0.15, 0.2) is 5.13 Å². The number of nitrogens with zero attached hydrogens (tertiary/aromatic N) is 2. The number of hydrogen-bond donors (Lipinski definition) is 1. The van der Waals surface area contributed by atoms with Crippen molar-refractivity contribution in [1.82, 2.24) is 4.98 Å². The summed E-state index contributed by atoms with van der Waals surface area (Å²) < 4.78 is 7.07. The van der Waals surface area contributed by atoms with E-state index < -0.39 is 10.8 Å². The van der Waals surface area contributed by atoms with Gasteiger partial charge in [-0.25, -0.2) is 4.98 Å². The molecule has 156 valence electrons. The maximum Gasteiger partial charge on any atom is 0.324 e. The minimum Gasteiger partial charge on any atom is -0.444 e. The highest BCUT2D eigenvalue weighted by Gasteiger charge is 2.20. The van der Waals surface area contributed by atoms with Crippen LogP contribution < -0.4 is 10.1 Å². The van der Waals surface area contributed by atoms with Gasteiger partial charge >= 0.3 is 5.00 Å². The van der Waals surface area contributed by atoms with Crippen molar-refractivity contribution >= 4 is 54.6 Å². The molecule has 31 heavy (non-hydrogen) atoms. The van der Waals surface area contributed by atoms with E-state index in [4.69, 9.17) is 4.74 Å². The molecule has 2 heterocycles. The Kier molecular flexibility index (Phi) is 6.12. The standard InChI is InChI=1S/C21H14BrN3O4S2/c1-12-4-2-3-5-15(12)29-20-18(13-6-8-14(22)9-7-13)23-21(31-20)24-19(26)16-10-11-17(30-16)25(27)28/h2-11H,1H3,(H,23,24,26). The van der Waals surface area contributed by atoms with Crippen LogP contribution in [0.5, 0.6) is 10.8 Å². The van der Waals surface area contributed by atoms with Crippen molar-refractivity contribution in [1.29, 1.82) is 0 Å². The van der Waals surface area contributed by atoms with Gasteiger partial charge in [-0.3, -0.25) is 20.2 Å². The monoisotopic (exact) mass is 515 g/mol. The molecule has 0 bridgehead atoms. The molecule has 0 aliphatic rings. The molecule has 0 unspecified atom stereocenters. The molecule has 0 aliphatic heterocycles. The molecule has 0 spiro atoms. The number of ether oxygens (including phenoxy) is 1. The number of thiophene rings is 1. The zero-order chi connectivity index (χ0) is 22.0. The Morgan fingerprint density at radius 3 is 2.52 bits per heavy atom. The maximum absolute atomic E-state index is 12.6. The number of nitrogens with one attached hydrogen (secondary N) is 1. The second-order valence-electron chi connectivity index (χ2n) is 6.38. The zero-order valence-electron chi connectivity index (χ0n) is 16.0. The molecule has 2 aromatic heterocycles. The van der Waals surface area contributed by atoms with Crippen molar-refractivity contribution in [2.45, 2.75) is 6.92 Å². The predicted molar refractivity (Wildman–Crippen MR) is 125 cm³/mol. The number of halogens is 1. The van der Waals surface area contributed by atoms with Crippen LogP contribution in [0.1, 0.15) is 15.2 Å². The third kappa shape index (κ3) is 4.82. The van der Waals surface area contributed by atoms with Crippen LogP contribution in [-0.2, 0) is 0 Å². The number of hydrogen-bond acceptors (Lipinski definition) is 7. The lowest BCUT2D eigenvalue weighted by atomic mass is 10.2. The van der Waals surface area contributed by atoms with Crippen LogP contribution in [0.25, 0.3) is 11.3 Å². The Bertz CT molecular complexity index is 1270. The normalized spacial score (nSPS) is 10.6. The largest absolute Gasteiger partial charge is 0.444 e. The quantitative estimate of drug-likeness (QED) is 0.222. The van der Waals surface area contributed by atoms with Crippen LogP contribution in [0, 0.1) is 17.0 Å². The van der Waals surface area contributed by atoms with E-state index in [1.807, 2.05) is 55.5 Å². The van der Waals surface area contributed by atoms with E-state index in [-0.39, 0.29) is 9.88 Å². The minimum atomic E-state index is -0.523. The number of rotatable bonds is 6. The SMILES string of the molecule is Cc1ccccc1Oc1sc(NC(=O)c2ccc([N+](=O)[O-])s2)nc1-c1ccc(Br)cc1. The summed E-state index contributed by atoms with van der Waals surface area (Å²) in [6.45, 7) is 1.95. The van der Waals surface area contributed by atoms with Crippen molar-refractivity contribution in [3.63, 3.8) is 0 Å². The Balaban J connectivity index is 1.66. The van der Waals surface area contributed by atoms with Gasteiger partial charge in [0.05, 0.1) is 9.80 Å². The highest BCUT2D eigenvalue weighted by Crippen LogP contribution is 2.41. The summed E-state index contributed by atoms with van der Waals surface area (Å²) in [6.07, 6.45) is 0. The smallest absolute Gasteiger partial charge is 0.324 e. The van der Waals surface area contributed by atoms with Gasteiger partial charge in [-0.05, 0) is 36.8 Å². The van der Waals surface area contributed by atoms with Gasteiger partial charge in [-0.2, -0.15) is 0 Å². The van der Waals surface area contributed by atoms with E-state index in [0.29, 0.717) is 21.6 Å². The number of aryl methyl sites for hydroxylation is 1. The lowest BCUT2D eigenvalue weighted by Crippen LogP contribution is -2.09. The molecule has 1 amide bonds. The number of para-hydroxylation sites is 1. The van der Waals surface area contributed by atoms with Crippen LogP contribution in [0.3, 0.4) is 0 Å². The molecule has 0 aliphatic carbocycles. The molecule has 1 N–H and O–H groups in total. The summed E-state index contributed by atoms with van der Waals surface area (Å²) in [5, 5.41) is 14.4. The van der Waals surface area contributed by atoms with Crippen molar-refractivity contribution in [2.24, 2.45) is 0 Å². The van der Waals surface area contributed by atoms with Crippen molar-refractivity contribution in [2.75, 3.05) is 5.32 Å². The summed E-state index contributed by atoms with van der Waals surface area (Å²) in [7, 11) is 0. The van der Waals surface area contributed by atoms with Crippen LogP contribution >= 0.6 is 38.6 Å². The van der Waals surface area contributed by atoms with Crippen LogP contribution in [-0.4, -0.2) is 15.8 Å². The fourth-order valence-electron chi connectivity index (χ4n) is 2.70. The van der Waals surface area contributed by atoms with Crippen molar-refractivity contribution in [3.8, 4) is 22.1 Å². The Hall–Kier alpha value is -3.08. The average Bonchev–Trinajstić information content (AvgIpc) is 3.38. The fourth-order valence-corrected chi connectivity index (χ4v) is 4.52. The van der Waals surface area contributed by atoms with E-state index in [0.717, 1.165) is 26.9 Å². The highest BCUT2D eigenvalue weighted by atomic mass is 79.9. The number of nitro groups is 1. The van der Waals surface area contributed by atoms with E-state index in [9.17, 15) is 14.9 Å². The third-order valence-corrected chi connectivity index (χ3v) is 6.64. The summed E-state index contributed by atoms with van der Waals surface area (Å²) in [5.41, 5.74) is 2.39. The molecule has 0 saturated carbocycles. The first-order valence-electron chi connectivity index (χ1n) is 8.96. The van der Waals surface area contributed by atoms with Gasteiger partial charge < -0.3 is 4.74 Å². The number of anilines is 1. The fraction of sp³-hybridized carbons (Fsp3) is 0.0476. The molecular weight excluding hydrogens is 502 g/mol. The summed E-state index contributed by atoms with van der Waals surface area (Å²) in [4.78, 5) is 27.7. The molecule has 4 aromatic rings. The number of thiazole rings is 1. The van der Waals surface area contributed by atoms with Crippen molar-refractivity contribution < 1.29 is 14.5 Å². The second kappa shape index (κ2) is 8.96. The van der Waals surface area contributed by atoms with E-state index >= 15 is 0 Å². The minimum absolute atomic E-state index is 0.0941. The van der Waals surface area contributed by atoms with Gasteiger partial charge in [0.2, 0.25) is 5.06 Å². The topological polar surface area (TPSA) is 94.4 Å². The molecule has 7 nitrogen and oxygen atoms in total. The average molecular weight is 516 g/mol. The molecule has 10 heteroatoms. The first kappa shape index (κ1) is 21.2. The Labute approximate surface area is 193 Å². The van der Waals surface area contributed by atoms with Crippen molar-refractivity contribution in [3.05, 3.63) is 85.7 Å². The number of benzene rings is 2. The molecular formula is C21H14BrN3O4S2. The van der Waals surface area contributed by atoms with E-state index in [1.165, 1.54) is 23.5 Å². The van der Waals surface area contributed by atoms with E-state index in [2.05, 4.69) is 26.2 Å². The van der Waals surface area contributed by atoms with Gasteiger partial charge in [-0.15, -0.1) is 0 Å². The molecule has 0 fully saturated rings. The first-order chi connectivity index (χ1) is 14.9. The summed E-state index contributed by atoms with van der Waals surface area (Å²) in [6, 6.07) is 17.9. The van der Waals surface area contributed by atoms with Crippen LogP contribution in [0.2, 0.25) is 0 Å².